The number of amides is 1. The summed E-state index contributed by atoms with van der Waals surface area (Å²) < 4.78 is 10.4. The van der Waals surface area contributed by atoms with Gasteiger partial charge in [0.1, 0.15) is 17.2 Å². The highest BCUT2D eigenvalue weighted by Gasteiger charge is 2.47. The number of aromatic amines is 1. The number of methoxy groups -OCH3 is 2. The lowest BCUT2D eigenvalue weighted by Crippen LogP contribution is -2.38. The maximum absolute atomic E-state index is 13.4. The maximum atomic E-state index is 13.4. The van der Waals surface area contributed by atoms with Crippen LogP contribution in [0, 0.1) is 13.8 Å². The number of aromatic nitrogens is 1. The minimum atomic E-state index is -0.850. The van der Waals surface area contributed by atoms with Gasteiger partial charge >= 0.3 is 5.97 Å². The second-order valence-corrected chi connectivity index (χ2v) is 8.38. The molecular weight excluding hydrogens is 450 g/mol. The highest BCUT2D eigenvalue weighted by Crippen LogP contribution is 2.43. The van der Waals surface area contributed by atoms with Gasteiger partial charge < -0.3 is 29.4 Å². The van der Waals surface area contributed by atoms with Crippen LogP contribution in [0.15, 0.2) is 29.8 Å². The monoisotopic (exact) mass is 483 g/mol. The third kappa shape index (κ3) is 4.68. The number of ether oxygens (including phenoxy) is 2. The summed E-state index contributed by atoms with van der Waals surface area (Å²) in [7, 11) is 2.78. The van der Waals surface area contributed by atoms with Gasteiger partial charge in [-0.15, -0.1) is 0 Å². The Morgan fingerprint density at radius 3 is 2.40 bits per heavy atom. The molecule has 1 aromatic carbocycles. The molecule has 0 radical (unpaired) electrons. The molecule has 3 rings (SSSR count). The molecule has 2 aromatic rings. The number of H-pyrrole nitrogens is 1. The first-order chi connectivity index (χ1) is 16.7. The number of hydrogen-bond donors (Lipinski definition) is 2. The summed E-state index contributed by atoms with van der Waals surface area (Å²) in [6.07, 6.45) is 0. The molecule has 1 aliphatic rings. The number of likely N-dealkylation sites (N-methyl/N-ethyl adjacent to an activating group) is 1. The minimum absolute atomic E-state index is 0.0411. The molecule has 2 N–H and O–H groups in total. The number of nitrogens with zero attached hydrogens (tertiary/aromatic N) is 2. The lowest BCUT2D eigenvalue weighted by Gasteiger charge is -2.29. The molecule has 0 spiro atoms. The highest BCUT2D eigenvalue weighted by molar-refractivity contribution is 6.46. The van der Waals surface area contributed by atoms with Crippen LogP contribution in [0.5, 0.6) is 5.75 Å². The summed E-state index contributed by atoms with van der Waals surface area (Å²) in [5.74, 6) is -1.90. The van der Waals surface area contributed by atoms with E-state index in [1.54, 1.807) is 38.1 Å². The van der Waals surface area contributed by atoms with E-state index < -0.39 is 23.7 Å². The zero-order valence-corrected chi connectivity index (χ0v) is 21.1. The van der Waals surface area contributed by atoms with Gasteiger partial charge in [0.2, 0.25) is 0 Å². The van der Waals surface area contributed by atoms with E-state index >= 15 is 0 Å². The Bertz CT molecular complexity index is 1160. The van der Waals surface area contributed by atoms with Crippen LogP contribution in [0.2, 0.25) is 0 Å². The van der Waals surface area contributed by atoms with Crippen LogP contribution in [0.3, 0.4) is 0 Å². The quantitative estimate of drug-likeness (QED) is 0.244. The van der Waals surface area contributed by atoms with Crippen molar-refractivity contribution in [2.45, 2.75) is 33.7 Å². The van der Waals surface area contributed by atoms with Gasteiger partial charge in [-0.05, 0) is 38.6 Å². The highest BCUT2D eigenvalue weighted by atomic mass is 16.5. The van der Waals surface area contributed by atoms with Crippen LogP contribution in [0.1, 0.15) is 52.8 Å². The average Bonchev–Trinajstić information content (AvgIpc) is 3.30. The number of carbonyl (C=O) groups is 3. The fourth-order valence-electron chi connectivity index (χ4n) is 4.66. The van der Waals surface area contributed by atoms with Crippen LogP contribution >= 0.6 is 0 Å². The number of esters is 1. The van der Waals surface area contributed by atoms with E-state index in [1.165, 1.54) is 19.1 Å². The van der Waals surface area contributed by atoms with E-state index in [9.17, 15) is 19.5 Å². The van der Waals surface area contributed by atoms with Gasteiger partial charge in [0, 0.05) is 29.9 Å². The average molecular weight is 484 g/mol. The Hall–Kier alpha value is -3.59. The molecule has 9 nitrogen and oxygen atoms in total. The number of ketones is 1. The van der Waals surface area contributed by atoms with Gasteiger partial charge in [0.05, 0.1) is 25.8 Å². The molecule has 1 fully saturated rings. The number of hydrogen-bond acceptors (Lipinski definition) is 7. The summed E-state index contributed by atoms with van der Waals surface area (Å²) in [5, 5.41) is 11.5. The standard InChI is InChI=1S/C26H33N3O6/c1-7-28(8-2)13-14-29-22(17-11-9-10-12-18(17)34-5)20(24(31)25(29)32)23(30)19-15(3)21(26(33)35-6)27-16(19)4/h9-12,22,27,30H,7-8,13-14H2,1-6H3/t22-/m0/s1. The SMILES string of the molecule is CCN(CC)CCN1C(=O)C(=O)C(=C(O)c2c(C)[nH]c(C(=O)OC)c2C)[C@@H]1c1ccccc1OC. The van der Waals surface area contributed by atoms with Crippen LogP contribution in [0.4, 0.5) is 0 Å². The van der Waals surface area contributed by atoms with Gasteiger partial charge in [-0.2, -0.15) is 0 Å². The number of aliphatic hydroxyl groups is 1. The van der Waals surface area contributed by atoms with Crippen molar-refractivity contribution in [3.05, 3.63) is 57.9 Å². The van der Waals surface area contributed by atoms with Gasteiger partial charge in [0.25, 0.3) is 11.7 Å². The van der Waals surface area contributed by atoms with Crippen molar-refractivity contribution >= 4 is 23.4 Å². The van der Waals surface area contributed by atoms with E-state index in [0.717, 1.165) is 13.1 Å². The van der Waals surface area contributed by atoms with Crippen LogP contribution in [-0.2, 0) is 14.3 Å². The molecule has 35 heavy (non-hydrogen) atoms. The van der Waals surface area contributed by atoms with E-state index in [0.29, 0.717) is 41.2 Å². The first-order valence-corrected chi connectivity index (χ1v) is 11.6. The first-order valence-electron chi connectivity index (χ1n) is 11.6. The van der Waals surface area contributed by atoms with E-state index in [-0.39, 0.29) is 17.0 Å². The van der Waals surface area contributed by atoms with Gasteiger partial charge in [-0.1, -0.05) is 32.0 Å². The Morgan fingerprint density at radius 2 is 1.80 bits per heavy atom. The second-order valence-electron chi connectivity index (χ2n) is 8.38. The van der Waals surface area contributed by atoms with E-state index in [2.05, 4.69) is 9.88 Å². The summed E-state index contributed by atoms with van der Waals surface area (Å²) in [6, 6.07) is 6.28. The van der Waals surface area contributed by atoms with Crippen molar-refractivity contribution in [3.8, 4) is 5.75 Å². The molecule has 1 atom stereocenters. The van der Waals surface area contributed by atoms with Gasteiger partial charge in [-0.25, -0.2) is 4.79 Å². The van der Waals surface area contributed by atoms with Gasteiger partial charge in [-0.3, -0.25) is 9.59 Å². The number of benzene rings is 1. The van der Waals surface area contributed by atoms with Crippen molar-refractivity contribution in [1.82, 2.24) is 14.8 Å². The van der Waals surface area contributed by atoms with E-state index in [1.807, 2.05) is 13.8 Å². The number of aliphatic hydroxyl groups excluding tert-OH is 1. The largest absolute Gasteiger partial charge is 0.507 e. The van der Waals surface area contributed by atoms with Crippen LogP contribution < -0.4 is 4.74 Å². The number of carbonyl (C=O) groups excluding carboxylic acids is 3. The molecule has 0 bridgehead atoms. The molecule has 0 unspecified atom stereocenters. The Labute approximate surface area is 205 Å². The predicted octanol–water partition coefficient (Wildman–Crippen LogP) is 3.19. The molecule has 0 saturated carbocycles. The number of rotatable bonds is 9. The molecule has 1 saturated heterocycles. The third-order valence-corrected chi connectivity index (χ3v) is 6.59. The summed E-state index contributed by atoms with van der Waals surface area (Å²) in [5.41, 5.74) is 1.94. The normalized spacial score (nSPS) is 17.3. The Kier molecular flexibility index (Phi) is 8.01. The molecule has 188 valence electrons. The molecular formula is C26H33N3O6. The third-order valence-electron chi connectivity index (χ3n) is 6.59. The zero-order valence-electron chi connectivity index (χ0n) is 21.1. The maximum Gasteiger partial charge on any atom is 0.354 e. The molecule has 1 aliphatic heterocycles. The van der Waals surface area contributed by atoms with Crippen molar-refractivity contribution in [2.75, 3.05) is 40.4 Å². The second kappa shape index (κ2) is 10.8. The number of likely N-dealkylation sites (tertiary alicyclic amines) is 1. The summed E-state index contributed by atoms with van der Waals surface area (Å²) >= 11 is 0. The minimum Gasteiger partial charge on any atom is -0.507 e. The van der Waals surface area contributed by atoms with Crippen LogP contribution in [-0.4, -0.2) is 77.9 Å². The Balaban J connectivity index is 2.23. The molecule has 9 heteroatoms. The number of aryl methyl sites for hydroxylation is 1. The van der Waals surface area contributed by atoms with E-state index in [4.69, 9.17) is 9.47 Å². The van der Waals surface area contributed by atoms with Gasteiger partial charge in [0.15, 0.2) is 0 Å². The number of nitrogens with one attached hydrogen (secondary N) is 1. The fourth-order valence-corrected chi connectivity index (χ4v) is 4.66. The smallest absolute Gasteiger partial charge is 0.354 e. The lowest BCUT2D eigenvalue weighted by atomic mass is 9.93. The van der Waals surface area contributed by atoms with Crippen molar-refractivity contribution < 1.29 is 29.0 Å². The lowest BCUT2D eigenvalue weighted by molar-refractivity contribution is -0.140. The molecule has 2 heterocycles. The molecule has 1 aromatic heterocycles. The topological polar surface area (TPSA) is 112 Å². The van der Waals surface area contributed by atoms with Crippen LogP contribution in [0.25, 0.3) is 5.76 Å². The first kappa shape index (κ1) is 26.0. The van der Waals surface area contributed by atoms with Crippen molar-refractivity contribution in [3.63, 3.8) is 0 Å². The number of para-hydroxylation sites is 1. The molecule has 1 amide bonds. The molecule has 0 aliphatic carbocycles. The zero-order chi connectivity index (χ0) is 25.9. The fraction of sp³-hybridized carbons (Fsp3) is 0.423. The Morgan fingerprint density at radius 1 is 1.14 bits per heavy atom. The summed E-state index contributed by atoms with van der Waals surface area (Å²) in [6.45, 7) is 9.88. The predicted molar refractivity (Wildman–Crippen MR) is 131 cm³/mol. The van der Waals surface area contributed by atoms with Crippen molar-refractivity contribution in [1.29, 1.82) is 0 Å². The summed E-state index contributed by atoms with van der Waals surface area (Å²) in [4.78, 5) is 45.4. The van der Waals surface area contributed by atoms with Crippen molar-refractivity contribution in [2.24, 2.45) is 0 Å². The number of Topliss-reactive ketones (excluding diaryl/α,β-unsaturated/α-hetero) is 1.